The Hall–Kier alpha value is -3.29. The quantitative estimate of drug-likeness (QED) is 0.272. The summed E-state index contributed by atoms with van der Waals surface area (Å²) in [5, 5.41) is 15.2. The van der Waals surface area contributed by atoms with Crippen LogP contribution in [0, 0.1) is 10.1 Å². The summed E-state index contributed by atoms with van der Waals surface area (Å²) in [5.41, 5.74) is 4.69. The fraction of sp³-hybridized carbons (Fsp3) is 0. The number of nitro benzene ring substituents is 1. The van der Waals surface area contributed by atoms with Crippen LogP contribution < -0.4 is 0 Å². The van der Waals surface area contributed by atoms with E-state index in [1.807, 2.05) is 29.0 Å². The van der Waals surface area contributed by atoms with Crippen molar-refractivity contribution in [1.82, 2.24) is 9.97 Å². The van der Waals surface area contributed by atoms with Crippen LogP contribution in [0.1, 0.15) is 0 Å². The molecule has 0 spiro atoms. The van der Waals surface area contributed by atoms with Gasteiger partial charge in [-0.1, -0.05) is 36.4 Å². The number of non-ortho nitro benzene ring substituents is 1. The van der Waals surface area contributed by atoms with Crippen molar-refractivity contribution >= 4 is 39.4 Å². The molecule has 7 heteroatoms. The number of thiophene rings is 2. The standard InChI is InChI=1S/C21H13N3O2S2/c25-24(26)14-5-1-4-13(12-14)21-22-19-15(17-6-2-10-27-17)8-9-16(20(19)23-21)18-7-3-11-28-18/h1-12H,(H,22,23). The van der Waals surface area contributed by atoms with Gasteiger partial charge in [-0.3, -0.25) is 10.1 Å². The number of fused-ring (bicyclic) bond motifs is 1. The Labute approximate surface area is 168 Å². The maximum atomic E-state index is 11.2. The highest BCUT2D eigenvalue weighted by Crippen LogP contribution is 2.38. The van der Waals surface area contributed by atoms with Gasteiger partial charge in [0.05, 0.1) is 16.0 Å². The number of aromatic amines is 1. The zero-order valence-electron chi connectivity index (χ0n) is 14.5. The van der Waals surface area contributed by atoms with Gasteiger partial charge in [0, 0.05) is 38.6 Å². The van der Waals surface area contributed by atoms with Crippen molar-refractivity contribution in [3.63, 3.8) is 0 Å². The maximum Gasteiger partial charge on any atom is 0.270 e. The van der Waals surface area contributed by atoms with Crippen molar-refractivity contribution in [2.75, 3.05) is 0 Å². The van der Waals surface area contributed by atoms with E-state index in [9.17, 15) is 10.1 Å². The summed E-state index contributed by atoms with van der Waals surface area (Å²) in [6.07, 6.45) is 0. The number of benzene rings is 2. The third-order valence-electron chi connectivity index (χ3n) is 4.55. The molecule has 0 unspecified atom stereocenters. The molecule has 0 amide bonds. The number of imidazole rings is 1. The van der Waals surface area contributed by atoms with Gasteiger partial charge in [0.25, 0.3) is 5.69 Å². The number of H-pyrrole nitrogens is 1. The lowest BCUT2D eigenvalue weighted by Crippen LogP contribution is -1.88. The normalized spacial score (nSPS) is 11.1. The predicted molar refractivity (Wildman–Crippen MR) is 115 cm³/mol. The van der Waals surface area contributed by atoms with E-state index in [1.54, 1.807) is 34.8 Å². The van der Waals surface area contributed by atoms with E-state index in [0.717, 1.165) is 31.9 Å². The van der Waals surface area contributed by atoms with Crippen LogP contribution in [0.4, 0.5) is 5.69 Å². The summed E-state index contributed by atoms with van der Waals surface area (Å²) in [7, 11) is 0. The molecular weight excluding hydrogens is 390 g/mol. The molecule has 5 nitrogen and oxygen atoms in total. The first-order chi connectivity index (χ1) is 13.7. The topological polar surface area (TPSA) is 71.8 Å². The Balaban J connectivity index is 1.77. The molecule has 0 atom stereocenters. The summed E-state index contributed by atoms with van der Waals surface area (Å²) in [4.78, 5) is 21.3. The van der Waals surface area contributed by atoms with Gasteiger partial charge in [-0.25, -0.2) is 4.98 Å². The average molecular weight is 403 g/mol. The third-order valence-corrected chi connectivity index (χ3v) is 6.35. The zero-order valence-corrected chi connectivity index (χ0v) is 16.1. The van der Waals surface area contributed by atoms with Crippen molar-refractivity contribution < 1.29 is 4.92 Å². The molecule has 0 saturated heterocycles. The Morgan fingerprint density at radius 2 is 1.61 bits per heavy atom. The average Bonchev–Trinajstić information content (AvgIpc) is 3.48. The SMILES string of the molecule is O=[N+]([O-])c1cccc(-c2nc3c(-c4cccs4)ccc(-c4cccs4)c3[nH]2)c1. The number of rotatable bonds is 4. The van der Waals surface area contributed by atoms with Gasteiger partial charge in [-0.15, -0.1) is 22.7 Å². The Morgan fingerprint density at radius 3 is 2.29 bits per heavy atom. The van der Waals surface area contributed by atoms with Crippen LogP contribution in [0.2, 0.25) is 0 Å². The van der Waals surface area contributed by atoms with E-state index < -0.39 is 0 Å². The number of hydrogen-bond acceptors (Lipinski definition) is 5. The summed E-state index contributed by atoms with van der Waals surface area (Å²) in [6.45, 7) is 0. The third kappa shape index (κ3) is 2.81. The molecule has 0 radical (unpaired) electrons. The van der Waals surface area contributed by atoms with E-state index in [0.29, 0.717) is 11.4 Å². The van der Waals surface area contributed by atoms with Crippen molar-refractivity contribution in [3.05, 3.63) is 81.5 Å². The largest absolute Gasteiger partial charge is 0.337 e. The molecule has 1 N–H and O–H groups in total. The Bertz CT molecular complexity index is 1220. The summed E-state index contributed by atoms with van der Waals surface area (Å²) >= 11 is 3.34. The van der Waals surface area contributed by atoms with Crippen LogP contribution in [-0.4, -0.2) is 14.9 Å². The number of aromatic nitrogens is 2. The van der Waals surface area contributed by atoms with Crippen LogP contribution >= 0.6 is 22.7 Å². The van der Waals surface area contributed by atoms with Crippen LogP contribution in [0.3, 0.4) is 0 Å². The van der Waals surface area contributed by atoms with Gasteiger partial charge >= 0.3 is 0 Å². The van der Waals surface area contributed by atoms with E-state index in [-0.39, 0.29) is 10.6 Å². The second-order valence-electron chi connectivity index (χ2n) is 6.23. The fourth-order valence-corrected chi connectivity index (χ4v) is 4.77. The van der Waals surface area contributed by atoms with Gasteiger partial charge in [0.15, 0.2) is 0 Å². The predicted octanol–water partition coefficient (Wildman–Crippen LogP) is 6.60. The molecule has 5 aromatic rings. The molecular formula is C21H13N3O2S2. The second kappa shape index (κ2) is 6.70. The van der Waals surface area contributed by atoms with E-state index in [4.69, 9.17) is 4.98 Å². The second-order valence-corrected chi connectivity index (χ2v) is 8.13. The van der Waals surface area contributed by atoms with Crippen LogP contribution in [0.25, 0.3) is 43.3 Å². The molecule has 0 fully saturated rings. The summed E-state index contributed by atoms with van der Waals surface area (Å²) in [6, 6.07) is 19.0. The number of nitrogens with zero attached hydrogens (tertiary/aromatic N) is 2. The summed E-state index contributed by atoms with van der Waals surface area (Å²) in [5.74, 6) is 0.625. The molecule has 0 bridgehead atoms. The van der Waals surface area contributed by atoms with Gasteiger partial charge in [-0.05, 0) is 22.9 Å². The highest BCUT2D eigenvalue weighted by atomic mass is 32.1. The Kier molecular flexibility index (Phi) is 4.03. The van der Waals surface area contributed by atoms with Gasteiger partial charge in [0.2, 0.25) is 0 Å². The molecule has 28 heavy (non-hydrogen) atoms. The molecule has 5 rings (SSSR count). The lowest BCUT2D eigenvalue weighted by Gasteiger charge is -2.04. The molecule has 0 aliphatic heterocycles. The van der Waals surface area contributed by atoms with Crippen molar-refractivity contribution in [2.24, 2.45) is 0 Å². The molecule has 0 aliphatic carbocycles. The molecule has 2 aromatic carbocycles. The molecule has 3 aromatic heterocycles. The zero-order chi connectivity index (χ0) is 19.1. The first kappa shape index (κ1) is 16.9. The van der Waals surface area contributed by atoms with Crippen LogP contribution in [0.15, 0.2) is 71.4 Å². The van der Waals surface area contributed by atoms with E-state index >= 15 is 0 Å². The minimum Gasteiger partial charge on any atom is -0.337 e. The number of nitrogens with one attached hydrogen (secondary N) is 1. The number of nitro groups is 1. The highest BCUT2D eigenvalue weighted by Gasteiger charge is 2.17. The van der Waals surface area contributed by atoms with Gasteiger partial charge in [0.1, 0.15) is 5.82 Å². The first-order valence-electron chi connectivity index (χ1n) is 8.56. The number of hydrogen-bond donors (Lipinski definition) is 1. The first-order valence-corrected chi connectivity index (χ1v) is 10.3. The lowest BCUT2D eigenvalue weighted by molar-refractivity contribution is -0.384. The monoisotopic (exact) mass is 403 g/mol. The smallest absolute Gasteiger partial charge is 0.270 e. The van der Waals surface area contributed by atoms with Crippen LogP contribution in [-0.2, 0) is 0 Å². The minimum absolute atomic E-state index is 0.0508. The van der Waals surface area contributed by atoms with Crippen molar-refractivity contribution in [3.8, 4) is 32.3 Å². The molecule has 136 valence electrons. The fourth-order valence-electron chi connectivity index (χ4n) is 3.26. The Morgan fingerprint density at radius 1 is 0.893 bits per heavy atom. The van der Waals surface area contributed by atoms with E-state index in [1.165, 1.54) is 6.07 Å². The van der Waals surface area contributed by atoms with E-state index in [2.05, 4.69) is 29.2 Å². The van der Waals surface area contributed by atoms with Crippen LogP contribution in [0.5, 0.6) is 0 Å². The van der Waals surface area contributed by atoms with Crippen molar-refractivity contribution in [2.45, 2.75) is 0 Å². The minimum atomic E-state index is -0.389. The summed E-state index contributed by atoms with van der Waals surface area (Å²) < 4.78 is 0. The van der Waals surface area contributed by atoms with Gasteiger partial charge in [-0.2, -0.15) is 0 Å². The lowest BCUT2D eigenvalue weighted by atomic mass is 10.1. The molecule has 0 saturated carbocycles. The highest BCUT2D eigenvalue weighted by molar-refractivity contribution is 7.14. The van der Waals surface area contributed by atoms with Gasteiger partial charge < -0.3 is 4.98 Å². The molecule has 3 heterocycles. The maximum absolute atomic E-state index is 11.2. The van der Waals surface area contributed by atoms with Crippen molar-refractivity contribution in [1.29, 1.82) is 0 Å². The molecule has 0 aliphatic rings.